The minimum atomic E-state index is 0.653. The maximum absolute atomic E-state index is 4.98. The van der Waals surface area contributed by atoms with Crippen molar-refractivity contribution in [1.29, 1.82) is 0 Å². The van der Waals surface area contributed by atoms with Gasteiger partial charge in [-0.25, -0.2) is 4.98 Å². The van der Waals surface area contributed by atoms with Crippen molar-refractivity contribution in [2.75, 3.05) is 25.6 Å². The summed E-state index contributed by atoms with van der Waals surface area (Å²) in [6.07, 6.45) is 0. The monoisotopic (exact) mass is 324 g/mol. The molecular formula is C12H12N4OS3. The number of benzene rings is 1. The number of rotatable bonds is 6. The lowest BCUT2D eigenvalue weighted by Crippen LogP contribution is -2.06. The van der Waals surface area contributed by atoms with Crippen LogP contribution in [0, 0.1) is 0 Å². The largest absolute Gasteiger partial charge is 0.383 e. The third-order valence-electron chi connectivity index (χ3n) is 2.44. The standard InChI is InChI=1S/C12H12N4OS3/c1-17-7-6-13-10-15-16-12(19-10)20-11-14-8-4-2-3-5-9(8)18-11/h2-5H,6-7H2,1H3,(H,13,15). The molecular weight excluding hydrogens is 312 g/mol. The number of anilines is 1. The quantitative estimate of drug-likeness (QED) is 0.702. The zero-order chi connectivity index (χ0) is 13.8. The molecule has 1 aromatic carbocycles. The molecule has 0 aliphatic heterocycles. The molecule has 0 atom stereocenters. The molecule has 0 bridgehead atoms. The molecule has 0 radical (unpaired) electrons. The van der Waals surface area contributed by atoms with E-state index in [9.17, 15) is 0 Å². The Morgan fingerprint density at radius 1 is 1.20 bits per heavy atom. The summed E-state index contributed by atoms with van der Waals surface area (Å²) in [7, 11) is 1.68. The van der Waals surface area contributed by atoms with Crippen molar-refractivity contribution in [3.8, 4) is 0 Å². The lowest BCUT2D eigenvalue weighted by atomic mass is 10.3. The van der Waals surface area contributed by atoms with Crippen LogP contribution in [0.15, 0.2) is 32.9 Å². The van der Waals surface area contributed by atoms with Gasteiger partial charge in [0.25, 0.3) is 0 Å². The van der Waals surface area contributed by atoms with E-state index in [1.165, 1.54) is 16.0 Å². The van der Waals surface area contributed by atoms with Crippen LogP contribution in [0.3, 0.4) is 0 Å². The highest BCUT2D eigenvalue weighted by atomic mass is 32.2. The number of thiazole rings is 1. The lowest BCUT2D eigenvalue weighted by molar-refractivity contribution is 0.211. The third kappa shape index (κ3) is 3.26. The molecule has 0 saturated carbocycles. The number of aromatic nitrogens is 3. The van der Waals surface area contributed by atoms with Crippen LogP contribution in [0.1, 0.15) is 0 Å². The first-order valence-electron chi connectivity index (χ1n) is 5.95. The number of hydrogen-bond acceptors (Lipinski definition) is 8. The van der Waals surface area contributed by atoms with E-state index in [0.717, 1.165) is 25.9 Å². The summed E-state index contributed by atoms with van der Waals surface area (Å²) >= 11 is 4.76. The summed E-state index contributed by atoms with van der Waals surface area (Å²) in [5.41, 5.74) is 1.03. The molecule has 0 fully saturated rings. The van der Waals surface area contributed by atoms with Gasteiger partial charge in [-0.3, -0.25) is 0 Å². The van der Waals surface area contributed by atoms with Crippen LogP contribution in [0.4, 0.5) is 5.13 Å². The zero-order valence-electron chi connectivity index (χ0n) is 10.7. The van der Waals surface area contributed by atoms with E-state index >= 15 is 0 Å². The van der Waals surface area contributed by atoms with E-state index in [1.807, 2.05) is 18.2 Å². The topological polar surface area (TPSA) is 59.9 Å². The SMILES string of the molecule is COCCNc1nnc(Sc2nc3ccccc3s2)s1. The van der Waals surface area contributed by atoms with Crippen LogP contribution in [0.2, 0.25) is 0 Å². The Morgan fingerprint density at radius 3 is 2.95 bits per heavy atom. The molecule has 0 spiro atoms. The van der Waals surface area contributed by atoms with Gasteiger partial charge in [0, 0.05) is 13.7 Å². The van der Waals surface area contributed by atoms with E-state index < -0.39 is 0 Å². The van der Waals surface area contributed by atoms with Crippen molar-refractivity contribution in [3.05, 3.63) is 24.3 Å². The molecule has 0 unspecified atom stereocenters. The molecule has 3 rings (SSSR count). The summed E-state index contributed by atoms with van der Waals surface area (Å²) in [4.78, 5) is 4.57. The van der Waals surface area contributed by atoms with Crippen LogP contribution >= 0.6 is 34.4 Å². The molecule has 0 amide bonds. The molecule has 104 valence electrons. The van der Waals surface area contributed by atoms with Crippen LogP contribution in [0.25, 0.3) is 10.2 Å². The van der Waals surface area contributed by atoms with Gasteiger partial charge in [-0.2, -0.15) is 0 Å². The molecule has 1 N–H and O–H groups in total. The van der Waals surface area contributed by atoms with Gasteiger partial charge in [-0.05, 0) is 23.9 Å². The number of ether oxygens (including phenoxy) is 1. The summed E-state index contributed by atoms with van der Waals surface area (Å²) in [6, 6.07) is 8.12. The van der Waals surface area contributed by atoms with Gasteiger partial charge in [-0.1, -0.05) is 23.5 Å². The molecule has 0 aliphatic carbocycles. The lowest BCUT2D eigenvalue weighted by Gasteiger charge is -1.98. The fourth-order valence-electron chi connectivity index (χ4n) is 1.55. The average molecular weight is 324 g/mol. The van der Waals surface area contributed by atoms with E-state index in [0.29, 0.717) is 6.61 Å². The highest BCUT2D eigenvalue weighted by Crippen LogP contribution is 2.36. The molecule has 3 aromatic rings. The number of methoxy groups -OCH3 is 1. The van der Waals surface area contributed by atoms with Crippen LogP contribution in [-0.2, 0) is 4.74 Å². The molecule has 2 aromatic heterocycles. The van der Waals surface area contributed by atoms with Gasteiger partial charge in [0.15, 0.2) is 8.68 Å². The molecule has 5 nitrogen and oxygen atoms in total. The van der Waals surface area contributed by atoms with Gasteiger partial charge >= 0.3 is 0 Å². The molecule has 8 heteroatoms. The van der Waals surface area contributed by atoms with Gasteiger partial charge in [-0.15, -0.1) is 21.5 Å². The number of hydrogen-bond donors (Lipinski definition) is 1. The Hall–Kier alpha value is -1.22. The minimum absolute atomic E-state index is 0.653. The maximum atomic E-state index is 4.98. The molecule has 0 aliphatic rings. The normalized spacial score (nSPS) is 11.1. The van der Waals surface area contributed by atoms with Gasteiger partial charge in [0.1, 0.15) is 0 Å². The Morgan fingerprint density at radius 2 is 2.10 bits per heavy atom. The highest BCUT2D eigenvalue weighted by molar-refractivity contribution is 8.02. The maximum Gasteiger partial charge on any atom is 0.206 e. The zero-order valence-corrected chi connectivity index (χ0v) is 13.1. The van der Waals surface area contributed by atoms with Crippen molar-refractivity contribution in [1.82, 2.24) is 15.2 Å². The van der Waals surface area contributed by atoms with E-state index in [2.05, 4.69) is 26.6 Å². The predicted molar refractivity (Wildman–Crippen MR) is 84.0 cm³/mol. The number of para-hydroxylation sites is 1. The second-order valence-corrected chi connectivity index (χ2v) is 7.34. The Kier molecular flexibility index (Phi) is 4.46. The first kappa shape index (κ1) is 13.7. The van der Waals surface area contributed by atoms with Crippen molar-refractivity contribution >= 4 is 49.8 Å². The number of nitrogens with zero attached hydrogens (tertiary/aromatic N) is 3. The molecule has 0 saturated heterocycles. The molecule has 20 heavy (non-hydrogen) atoms. The summed E-state index contributed by atoms with van der Waals surface area (Å²) in [5.74, 6) is 0. The van der Waals surface area contributed by atoms with Crippen LogP contribution in [0.5, 0.6) is 0 Å². The Bertz CT molecular complexity index is 664. The fourth-order valence-corrected chi connectivity index (χ4v) is 4.60. The second-order valence-electron chi connectivity index (χ2n) is 3.84. The van der Waals surface area contributed by atoms with Gasteiger partial charge < -0.3 is 10.1 Å². The van der Waals surface area contributed by atoms with E-state index in [1.54, 1.807) is 30.2 Å². The Balaban J connectivity index is 1.68. The average Bonchev–Trinajstić information content (AvgIpc) is 3.05. The first-order valence-corrected chi connectivity index (χ1v) is 8.40. The van der Waals surface area contributed by atoms with Crippen LogP contribution in [-0.4, -0.2) is 35.4 Å². The number of fused-ring (bicyclic) bond motifs is 1. The van der Waals surface area contributed by atoms with Crippen molar-refractivity contribution in [3.63, 3.8) is 0 Å². The third-order valence-corrected chi connectivity index (χ3v) is 5.47. The summed E-state index contributed by atoms with van der Waals surface area (Å²) < 4.78 is 8.06. The second kappa shape index (κ2) is 6.49. The Labute approximate surface area is 128 Å². The fraction of sp³-hybridized carbons (Fsp3) is 0.250. The van der Waals surface area contributed by atoms with Gasteiger partial charge in [0.05, 0.1) is 16.8 Å². The van der Waals surface area contributed by atoms with E-state index in [4.69, 9.17) is 4.74 Å². The highest BCUT2D eigenvalue weighted by Gasteiger charge is 2.09. The number of nitrogens with one attached hydrogen (secondary N) is 1. The molecule has 2 heterocycles. The first-order chi connectivity index (χ1) is 9.85. The predicted octanol–water partition coefficient (Wildman–Crippen LogP) is 3.36. The van der Waals surface area contributed by atoms with Crippen molar-refractivity contribution in [2.24, 2.45) is 0 Å². The minimum Gasteiger partial charge on any atom is -0.383 e. The van der Waals surface area contributed by atoms with Crippen molar-refractivity contribution < 1.29 is 4.74 Å². The van der Waals surface area contributed by atoms with E-state index in [-0.39, 0.29) is 0 Å². The summed E-state index contributed by atoms with van der Waals surface area (Å²) in [6.45, 7) is 1.39. The smallest absolute Gasteiger partial charge is 0.206 e. The van der Waals surface area contributed by atoms with Gasteiger partial charge in [0.2, 0.25) is 5.13 Å². The van der Waals surface area contributed by atoms with Crippen LogP contribution < -0.4 is 5.32 Å². The van der Waals surface area contributed by atoms with Crippen molar-refractivity contribution in [2.45, 2.75) is 8.68 Å². The summed E-state index contributed by atoms with van der Waals surface area (Å²) in [5, 5.41) is 12.2.